The van der Waals surface area contributed by atoms with E-state index in [1.54, 1.807) is 12.4 Å². The van der Waals surface area contributed by atoms with Gasteiger partial charge in [0.15, 0.2) is 0 Å². The molecule has 1 aliphatic heterocycles. The van der Waals surface area contributed by atoms with E-state index in [0.29, 0.717) is 11.5 Å². The van der Waals surface area contributed by atoms with Gasteiger partial charge in [0.1, 0.15) is 12.4 Å². The van der Waals surface area contributed by atoms with E-state index in [9.17, 15) is 13.2 Å². The molecule has 2 aromatic rings. The average molecular weight is 379 g/mol. The quantitative estimate of drug-likeness (QED) is 0.877. The minimum Gasteiger partial charge on any atom is -0.383 e. The average Bonchev–Trinajstić information content (AvgIpc) is 2.62. The number of aryl methyl sites for hydroxylation is 1. The smallest absolute Gasteiger partial charge is 0.383 e. The first-order valence-corrected chi connectivity index (χ1v) is 8.89. The topological polar surface area (TPSA) is 58.3 Å². The third kappa shape index (κ3) is 4.09. The van der Waals surface area contributed by atoms with Crippen LogP contribution in [-0.2, 0) is 0 Å². The third-order valence-electron chi connectivity index (χ3n) is 5.26. The third-order valence-corrected chi connectivity index (χ3v) is 5.26. The summed E-state index contributed by atoms with van der Waals surface area (Å²) in [7, 11) is 1.46. The number of pyridine rings is 2. The Balaban J connectivity index is 1.74. The molecule has 5 nitrogen and oxygen atoms in total. The Labute approximate surface area is 156 Å². The number of aromatic nitrogens is 2. The molecule has 0 saturated carbocycles. The molecule has 1 saturated heterocycles. The highest BCUT2D eigenvalue weighted by atomic mass is 19.4. The van der Waals surface area contributed by atoms with Gasteiger partial charge in [0, 0.05) is 54.6 Å². The van der Waals surface area contributed by atoms with Crippen LogP contribution in [0.3, 0.4) is 0 Å². The number of nitrogens with two attached hydrogens (primary N) is 1. The van der Waals surface area contributed by atoms with E-state index in [4.69, 9.17) is 5.73 Å². The second kappa shape index (κ2) is 7.25. The van der Waals surface area contributed by atoms with E-state index < -0.39 is 12.7 Å². The van der Waals surface area contributed by atoms with Crippen molar-refractivity contribution in [1.29, 1.82) is 0 Å². The summed E-state index contributed by atoms with van der Waals surface area (Å²) in [6.07, 6.45) is 0.702. The number of allylic oxidation sites excluding steroid dienone is 1. The zero-order chi connectivity index (χ0) is 19.8. The van der Waals surface area contributed by atoms with Crippen molar-refractivity contribution in [3.8, 4) is 0 Å². The second-order valence-electron chi connectivity index (χ2n) is 7.08. The largest absolute Gasteiger partial charge is 0.405 e. The number of anilines is 2. The molecule has 0 radical (unpaired) electrons. The van der Waals surface area contributed by atoms with Gasteiger partial charge in [0.2, 0.25) is 0 Å². The van der Waals surface area contributed by atoms with E-state index in [-0.39, 0.29) is 5.92 Å². The molecule has 0 amide bonds. The normalized spacial score (nSPS) is 16.0. The van der Waals surface area contributed by atoms with Crippen molar-refractivity contribution in [3.05, 3.63) is 36.3 Å². The van der Waals surface area contributed by atoms with Gasteiger partial charge in [-0.15, -0.1) is 0 Å². The Hall–Kier alpha value is -2.51. The van der Waals surface area contributed by atoms with Crippen LogP contribution in [0.1, 0.15) is 18.4 Å². The summed E-state index contributed by atoms with van der Waals surface area (Å²) in [6.45, 7) is 6.35. The van der Waals surface area contributed by atoms with Crippen LogP contribution in [0, 0.1) is 12.8 Å². The summed E-state index contributed by atoms with van der Waals surface area (Å²) >= 11 is 0. The van der Waals surface area contributed by atoms with Crippen LogP contribution in [-0.4, -0.2) is 47.7 Å². The maximum atomic E-state index is 12.6. The van der Waals surface area contributed by atoms with Gasteiger partial charge in [-0.3, -0.25) is 4.98 Å². The second-order valence-corrected chi connectivity index (χ2v) is 7.08. The summed E-state index contributed by atoms with van der Waals surface area (Å²) in [5.74, 6) is 0.531. The Morgan fingerprint density at radius 2 is 2.00 bits per heavy atom. The molecule has 2 aromatic heterocycles. The van der Waals surface area contributed by atoms with Crippen molar-refractivity contribution in [1.82, 2.24) is 14.9 Å². The molecule has 1 fully saturated rings. The number of fused-ring (bicyclic) bond motifs is 1. The van der Waals surface area contributed by atoms with E-state index in [1.807, 2.05) is 13.0 Å². The standard InChI is InChI=1S/C19H24F3N5/c1-12-17-15(10-25-18(12)23)24-7-4-16(17)27-8-5-14(6-9-27)13(2)26(3)11-19(20,21)22/h4,7,10,14H,2,5-6,8-9,11H2,1,3H3,(H2,23,25). The first-order valence-electron chi connectivity index (χ1n) is 8.89. The van der Waals surface area contributed by atoms with Crippen LogP contribution >= 0.6 is 0 Å². The predicted octanol–water partition coefficient (Wildman–Crippen LogP) is 3.74. The summed E-state index contributed by atoms with van der Waals surface area (Å²) in [5, 5.41) is 0.983. The van der Waals surface area contributed by atoms with Crippen LogP contribution in [0.5, 0.6) is 0 Å². The lowest BCUT2D eigenvalue weighted by molar-refractivity contribution is -0.140. The Morgan fingerprint density at radius 1 is 1.33 bits per heavy atom. The van der Waals surface area contributed by atoms with Crippen LogP contribution in [0.15, 0.2) is 30.7 Å². The number of hydrogen-bond acceptors (Lipinski definition) is 5. The summed E-state index contributed by atoms with van der Waals surface area (Å²) in [5.41, 5.74) is 9.24. The van der Waals surface area contributed by atoms with Gasteiger partial charge in [0.25, 0.3) is 0 Å². The Bertz CT molecular complexity index is 841. The molecule has 0 aromatic carbocycles. The lowest BCUT2D eigenvalue weighted by Gasteiger charge is -2.37. The molecular weight excluding hydrogens is 355 g/mol. The van der Waals surface area contributed by atoms with Gasteiger partial charge < -0.3 is 15.5 Å². The molecule has 0 unspecified atom stereocenters. The van der Waals surface area contributed by atoms with E-state index in [0.717, 1.165) is 48.1 Å². The molecule has 0 atom stereocenters. The number of rotatable bonds is 4. The number of hydrogen-bond donors (Lipinski definition) is 1. The van der Waals surface area contributed by atoms with E-state index in [2.05, 4.69) is 21.4 Å². The van der Waals surface area contributed by atoms with Gasteiger partial charge in [-0.1, -0.05) is 6.58 Å². The Morgan fingerprint density at radius 3 is 2.63 bits per heavy atom. The highest BCUT2D eigenvalue weighted by Crippen LogP contribution is 2.34. The summed E-state index contributed by atoms with van der Waals surface area (Å²) in [6, 6.07) is 1.96. The van der Waals surface area contributed by atoms with E-state index >= 15 is 0 Å². The Kier molecular flexibility index (Phi) is 5.17. The molecule has 27 heavy (non-hydrogen) atoms. The summed E-state index contributed by atoms with van der Waals surface area (Å²) < 4.78 is 37.9. The van der Waals surface area contributed by atoms with Crippen molar-refractivity contribution in [2.24, 2.45) is 5.92 Å². The maximum Gasteiger partial charge on any atom is 0.405 e. The fraction of sp³-hybridized carbons (Fsp3) is 0.474. The fourth-order valence-corrected chi connectivity index (χ4v) is 3.70. The first kappa shape index (κ1) is 19.3. The number of nitrogen functional groups attached to an aromatic ring is 1. The van der Waals surface area contributed by atoms with Crippen LogP contribution in [0.2, 0.25) is 0 Å². The number of alkyl halides is 3. The van der Waals surface area contributed by atoms with Crippen LogP contribution in [0.4, 0.5) is 24.7 Å². The van der Waals surface area contributed by atoms with Crippen molar-refractivity contribution >= 4 is 22.4 Å². The number of nitrogens with zero attached hydrogens (tertiary/aromatic N) is 4. The molecule has 0 aliphatic carbocycles. The highest BCUT2D eigenvalue weighted by Gasteiger charge is 2.32. The molecule has 2 N–H and O–H groups in total. The van der Waals surface area contributed by atoms with Gasteiger partial charge in [-0.05, 0) is 25.8 Å². The number of halogens is 3. The van der Waals surface area contributed by atoms with E-state index in [1.165, 1.54) is 11.9 Å². The molecular formula is C19H24F3N5. The van der Waals surface area contributed by atoms with Gasteiger partial charge >= 0.3 is 6.18 Å². The van der Waals surface area contributed by atoms with Crippen LogP contribution in [0.25, 0.3) is 10.9 Å². The first-order chi connectivity index (χ1) is 12.7. The highest BCUT2D eigenvalue weighted by molar-refractivity contribution is 5.95. The molecule has 146 valence electrons. The minimum absolute atomic E-state index is 0.0505. The minimum atomic E-state index is -4.22. The lowest BCUT2D eigenvalue weighted by atomic mass is 9.92. The predicted molar refractivity (Wildman–Crippen MR) is 101 cm³/mol. The lowest BCUT2D eigenvalue weighted by Crippen LogP contribution is -2.38. The zero-order valence-corrected chi connectivity index (χ0v) is 15.6. The van der Waals surface area contributed by atoms with Gasteiger partial charge in [-0.2, -0.15) is 13.2 Å². The van der Waals surface area contributed by atoms with Crippen molar-refractivity contribution in [3.63, 3.8) is 0 Å². The van der Waals surface area contributed by atoms with Gasteiger partial charge in [0.05, 0.1) is 11.7 Å². The molecule has 3 heterocycles. The van der Waals surface area contributed by atoms with Crippen LogP contribution < -0.4 is 10.6 Å². The SMILES string of the molecule is C=C(C1CCN(c2ccnc3cnc(N)c(C)c23)CC1)N(C)CC(F)(F)F. The van der Waals surface area contributed by atoms with Gasteiger partial charge in [-0.25, -0.2) is 4.98 Å². The maximum absolute atomic E-state index is 12.6. The molecule has 3 rings (SSSR count). The molecule has 8 heteroatoms. The zero-order valence-electron chi connectivity index (χ0n) is 15.6. The molecule has 0 spiro atoms. The van der Waals surface area contributed by atoms with Crippen molar-refractivity contribution in [2.75, 3.05) is 37.3 Å². The van der Waals surface area contributed by atoms with Crippen molar-refractivity contribution in [2.45, 2.75) is 25.9 Å². The summed E-state index contributed by atoms with van der Waals surface area (Å²) in [4.78, 5) is 12.0. The fourth-order valence-electron chi connectivity index (χ4n) is 3.70. The molecule has 0 bridgehead atoms. The monoisotopic (exact) mass is 379 g/mol. The molecule has 1 aliphatic rings. The van der Waals surface area contributed by atoms with Crippen molar-refractivity contribution < 1.29 is 13.2 Å². The number of piperidine rings is 1.